The van der Waals surface area contributed by atoms with Crippen LogP contribution in [0.25, 0.3) is 0 Å². The minimum Gasteiger partial charge on any atom is -0.473 e. The number of pyridine rings is 1. The second-order valence-corrected chi connectivity index (χ2v) is 6.13. The van der Waals surface area contributed by atoms with E-state index in [0.717, 1.165) is 23.4 Å². The number of nitrogens with two attached hydrogens (primary N) is 2. The summed E-state index contributed by atoms with van der Waals surface area (Å²) >= 11 is 0. The zero-order chi connectivity index (χ0) is 18.9. The van der Waals surface area contributed by atoms with Crippen molar-refractivity contribution in [1.29, 1.82) is 0 Å². The Morgan fingerprint density at radius 3 is 2.58 bits per heavy atom. The highest BCUT2D eigenvalue weighted by molar-refractivity contribution is 5.55. The average Bonchev–Trinajstić information content (AvgIpc) is 3.51. The molecule has 3 rings (SSSR count). The number of aromatic nitrogens is 1. The van der Waals surface area contributed by atoms with Gasteiger partial charge in [0.05, 0.1) is 5.69 Å². The molecule has 1 heterocycles. The number of amides is 1. The molecule has 1 aromatic carbocycles. The minimum atomic E-state index is 0.403. The van der Waals surface area contributed by atoms with Crippen LogP contribution >= 0.6 is 0 Å². The van der Waals surface area contributed by atoms with Crippen molar-refractivity contribution in [2.45, 2.75) is 38.7 Å². The lowest BCUT2D eigenvalue weighted by Gasteiger charge is -2.20. The quantitative estimate of drug-likeness (QED) is 0.303. The van der Waals surface area contributed by atoms with E-state index in [2.05, 4.69) is 29.9 Å². The van der Waals surface area contributed by atoms with E-state index >= 15 is 0 Å². The van der Waals surface area contributed by atoms with Crippen molar-refractivity contribution in [2.75, 3.05) is 12.1 Å². The Balaban J connectivity index is 0.000000552. The van der Waals surface area contributed by atoms with Crippen LogP contribution in [0.5, 0.6) is 5.88 Å². The summed E-state index contributed by atoms with van der Waals surface area (Å²) in [5.74, 6) is 11.7. The number of anilines is 1. The van der Waals surface area contributed by atoms with Gasteiger partial charge >= 0.3 is 0 Å². The summed E-state index contributed by atoms with van der Waals surface area (Å²) < 4.78 is 5.95. The molecule has 0 atom stereocenters. The summed E-state index contributed by atoms with van der Waals surface area (Å²) in [6.07, 6.45) is 3.85. The van der Waals surface area contributed by atoms with Crippen LogP contribution in [0.1, 0.15) is 42.5 Å². The topological polar surface area (TPSA) is 106 Å². The van der Waals surface area contributed by atoms with Gasteiger partial charge in [-0.15, -0.1) is 0 Å². The minimum absolute atomic E-state index is 0.403. The molecule has 2 aromatic rings. The third kappa shape index (κ3) is 5.44. The molecule has 1 aliphatic carbocycles. The Morgan fingerprint density at radius 1 is 1.31 bits per heavy atom. The van der Waals surface area contributed by atoms with Gasteiger partial charge in [-0.2, -0.15) is 0 Å². The molecule has 140 valence electrons. The van der Waals surface area contributed by atoms with Crippen molar-refractivity contribution in [1.82, 2.24) is 10.4 Å². The second-order valence-electron chi connectivity index (χ2n) is 6.13. The van der Waals surface area contributed by atoms with E-state index in [1.165, 1.54) is 18.4 Å². The number of hydrogen-bond donors (Lipinski definition) is 3. The molecule has 0 bridgehead atoms. The summed E-state index contributed by atoms with van der Waals surface area (Å²) in [5.41, 5.74) is 6.29. The Morgan fingerprint density at radius 2 is 2.00 bits per heavy atom. The summed E-state index contributed by atoms with van der Waals surface area (Å²) in [5, 5.41) is 1.64. The van der Waals surface area contributed by atoms with Crippen LogP contribution in [-0.2, 0) is 17.8 Å². The van der Waals surface area contributed by atoms with Gasteiger partial charge in [-0.3, -0.25) is 10.2 Å². The van der Waals surface area contributed by atoms with E-state index in [1.807, 2.05) is 31.3 Å². The van der Waals surface area contributed by atoms with Crippen LogP contribution < -0.4 is 26.9 Å². The lowest BCUT2D eigenvalue weighted by atomic mass is 10.0. The van der Waals surface area contributed by atoms with Gasteiger partial charge in [0.1, 0.15) is 6.61 Å². The fourth-order valence-electron chi connectivity index (χ4n) is 2.71. The van der Waals surface area contributed by atoms with Crippen LogP contribution in [0.2, 0.25) is 0 Å². The standard InChI is InChI=1S/C18H23N3O.CH4N2O/c1-3-13-6-4-8-17(21(2)19)15(13)12-22-18-9-5-7-16(20-18)14-10-11-14;2-3-1-4/h4-9,14H,3,10-12,19H2,1-2H3;1H,2H2,(H,3,4). The third-order valence-electron chi connectivity index (χ3n) is 4.18. The van der Waals surface area contributed by atoms with Crippen LogP contribution in [0.4, 0.5) is 5.69 Å². The van der Waals surface area contributed by atoms with Crippen molar-refractivity contribution in [3.8, 4) is 5.88 Å². The molecule has 0 unspecified atom stereocenters. The Hall–Kier alpha value is -2.64. The molecule has 0 aliphatic heterocycles. The number of carbonyl (C=O) groups is 1. The van der Waals surface area contributed by atoms with E-state index in [1.54, 1.807) is 10.4 Å². The number of nitrogens with one attached hydrogen (secondary N) is 1. The number of aryl methyl sites for hydroxylation is 1. The first-order chi connectivity index (χ1) is 12.6. The van der Waals surface area contributed by atoms with Gasteiger partial charge in [0.15, 0.2) is 0 Å². The van der Waals surface area contributed by atoms with Crippen molar-refractivity contribution in [3.05, 3.63) is 53.2 Å². The van der Waals surface area contributed by atoms with Crippen molar-refractivity contribution in [3.63, 3.8) is 0 Å². The molecule has 7 heteroatoms. The maximum absolute atomic E-state index is 8.94. The normalized spacial score (nSPS) is 12.6. The molecule has 7 nitrogen and oxygen atoms in total. The van der Waals surface area contributed by atoms with Gasteiger partial charge in [-0.05, 0) is 37.0 Å². The van der Waals surface area contributed by atoms with E-state index in [4.69, 9.17) is 15.4 Å². The van der Waals surface area contributed by atoms with Crippen molar-refractivity contribution in [2.24, 2.45) is 11.7 Å². The molecule has 1 aliphatic rings. The molecule has 1 aromatic heterocycles. The first-order valence-electron chi connectivity index (χ1n) is 8.69. The van der Waals surface area contributed by atoms with Gasteiger partial charge in [0.25, 0.3) is 0 Å². The number of hydrazine groups is 2. The molecule has 1 saturated carbocycles. The number of nitrogens with zero attached hydrogens (tertiary/aromatic N) is 2. The number of carbonyl (C=O) groups excluding carboxylic acids is 1. The second kappa shape index (κ2) is 9.74. The zero-order valence-electron chi connectivity index (χ0n) is 15.3. The van der Waals surface area contributed by atoms with Crippen LogP contribution in [0, 0.1) is 0 Å². The van der Waals surface area contributed by atoms with Gasteiger partial charge in [0.2, 0.25) is 12.3 Å². The molecule has 0 spiro atoms. The van der Waals surface area contributed by atoms with Crippen LogP contribution in [0.3, 0.4) is 0 Å². The summed E-state index contributed by atoms with van der Waals surface area (Å²) in [7, 11) is 1.85. The third-order valence-corrected chi connectivity index (χ3v) is 4.18. The summed E-state index contributed by atoms with van der Waals surface area (Å²) in [6, 6.07) is 12.2. The fraction of sp³-hybridized carbons (Fsp3) is 0.368. The van der Waals surface area contributed by atoms with Crippen LogP contribution in [-0.4, -0.2) is 18.4 Å². The predicted molar refractivity (Wildman–Crippen MR) is 102 cm³/mol. The molecular weight excluding hydrogens is 330 g/mol. The molecule has 1 fully saturated rings. The number of hydrogen-bond acceptors (Lipinski definition) is 6. The number of benzene rings is 1. The van der Waals surface area contributed by atoms with Crippen molar-refractivity contribution < 1.29 is 9.53 Å². The van der Waals surface area contributed by atoms with Gasteiger partial charge < -0.3 is 9.75 Å². The fourth-order valence-corrected chi connectivity index (χ4v) is 2.71. The van der Waals surface area contributed by atoms with Crippen molar-refractivity contribution >= 4 is 12.1 Å². The van der Waals surface area contributed by atoms with E-state index < -0.39 is 0 Å². The van der Waals surface area contributed by atoms with Crippen LogP contribution in [0.15, 0.2) is 36.4 Å². The van der Waals surface area contributed by atoms with Gasteiger partial charge in [-0.1, -0.05) is 25.1 Å². The first kappa shape index (κ1) is 19.7. The Labute approximate surface area is 154 Å². The first-order valence-corrected chi connectivity index (χ1v) is 8.69. The maximum Gasteiger partial charge on any atom is 0.221 e. The van der Waals surface area contributed by atoms with E-state index in [9.17, 15) is 0 Å². The lowest BCUT2D eigenvalue weighted by molar-refractivity contribution is -0.109. The molecule has 0 saturated heterocycles. The Bertz CT molecular complexity index is 717. The monoisotopic (exact) mass is 357 g/mol. The highest BCUT2D eigenvalue weighted by Crippen LogP contribution is 2.39. The highest BCUT2D eigenvalue weighted by atomic mass is 16.5. The predicted octanol–water partition coefficient (Wildman–Crippen LogP) is 2.02. The summed E-state index contributed by atoms with van der Waals surface area (Å²) in [6.45, 7) is 2.63. The average molecular weight is 357 g/mol. The summed E-state index contributed by atoms with van der Waals surface area (Å²) in [4.78, 5) is 13.6. The lowest BCUT2D eigenvalue weighted by Crippen LogP contribution is -2.27. The number of rotatable bonds is 7. The smallest absolute Gasteiger partial charge is 0.221 e. The van der Waals surface area contributed by atoms with E-state index in [0.29, 0.717) is 24.8 Å². The molecular formula is C19H27N5O2. The number of ether oxygens (including phenoxy) is 1. The largest absolute Gasteiger partial charge is 0.473 e. The molecule has 1 amide bonds. The molecule has 26 heavy (non-hydrogen) atoms. The van der Waals surface area contributed by atoms with Gasteiger partial charge in [0, 0.05) is 30.3 Å². The maximum atomic E-state index is 8.94. The molecule has 5 N–H and O–H groups in total. The zero-order valence-corrected chi connectivity index (χ0v) is 15.3. The van der Waals surface area contributed by atoms with E-state index in [-0.39, 0.29) is 0 Å². The van der Waals surface area contributed by atoms with Gasteiger partial charge in [-0.25, -0.2) is 16.7 Å². The highest BCUT2D eigenvalue weighted by Gasteiger charge is 2.25. The molecule has 0 radical (unpaired) electrons. The Kier molecular flexibility index (Phi) is 7.37. The SMILES string of the molecule is CCc1cccc(N(C)N)c1COc1cccc(C2CC2)n1.NNC=O.